The SMILES string of the molecule is CN1CCN(c2ccccc2-c2ccccn2)CC1. The molecule has 19 heavy (non-hydrogen) atoms. The van der Waals surface area contributed by atoms with Gasteiger partial charge in [0.15, 0.2) is 0 Å². The molecule has 1 aromatic heterocycles. The largest absolute Gasteiger partial charge is 0.368 e. The van der Waals surface area contributed by atoms with Gasteiger partial charge in [-0.2, -0.15) is 0 Å². The Morgan fingerprint density at radius 2 is 1.63 bits per heavy atom. The summed E-state index contributed by atoms with van der Waals surface area (Å²) in [5, 5.41) is 0. The van der Waals surface area contributed by atoms with Crippen molar-refractivity contribution in [1.82, 2.24) is 9.88 Å². The van der Waals surface area contributed by atoms with Crippen LogP contribution in [0.1, 0.15) is 0 Å². The molecule has 0 amide bonds. The van der Waals surface area contributed by atoms with E-state index in [1.807, 2.05) is 18.3 Å². The molecule has 2 heterocycles. The first-order valence-electron chi connectivity index (χ1n) is 6.78. The van der Waals surface area contributed by atoms with Crippen LogP contribution in [0.25, 0.3) is 11.3 Å². The van der Waals surface area contributed by atoms with E-state index in [0.717, 1.165) is 31.9 Å². The summed E-state index contributed by atoms with van der Waals surface area (Å²) in [6.45, 7) is 4.41. The summed E-state index contributed by atoms with van der Waals surface area (Å²) < 4.78 is 0. The lowest BCUT2D eigenvalue weighted by molar-refractivity contribution is 0.313. The van der Waals surface area contributed by atoms with Crippen LogP contribution in [0.4, 0.5) is 5.69 Å². The van der Waals surface area contributed by atoms with Crippen molar-refractivity contribution in [2.75, 3.05) is 38.1 Å². The quantitative estimate of drug-likeness (QED) is 0.819. The summed E-state index contributed by atoms with van der Waals surface area (Å²) in [6.07, 6.45) is 1.86. The Bertz CT molecular complexity index is 531. The average molecular weight is 253 g/mol. The van der Waals surface area contributed by atoms with Gasteiger partial charge < -0.3 is 9.80 Å². The molecule has 0 unspecified atom stereocenters. The number of rotatable bonds is 2. The fourth-order valence-electron chi connectivity index (χ4n) is 2.54. The number of para-hydroxylation sites is 1. The van der Waals surface area contributed by atoms with Crippen molar-refractivity contribution >= 4 is 5.69 Å². The van der Waals surface area contributed by atoms with E-state index in [-0.39, 0.29) is 0 Å². The highest BCUT2D eigenvalue weighted by Crippen LogP contribution is 2.29. The Kier molecular flexibility index (Phi) is 3.47. The van der Waals surface area contributed by atoms with E-state index in [1.54, 1.807) is 0 Å². The molecule has 0 radical (unpaired) electrons. The Morgan fingerprint density at radius 3 is 2.37 bits per heavy atom. The minimum atomic E-state index is 1.05. The van der Waals surface area contributed by atoms with Crippen LogP contribution in [0.5, 0.6) is 0 Å². The zero-order valence-corrected chi connectivity index (χ0v) is 11.3. The summed E-state index contributed by atoms with van der Waals surface area (Å²) in [5.74, 6) is 0. The molecule has 0 saturated carbocycles. The lowest BCUT2D eigenvalue weighted by Gasteiger charge is -2.35. The number of hydrogen-bond acceptors (Lipinski definition) is 3. The van der Waals surface area contributed by atoms with Gasteiger partial charge >= 0.3 is 0 Å². The number of anilines is 1. The van der Waals surface area contributed by atoms with Crippen LogP contribution < -0.4 is 4.90 Å². The molecule has 0 bridgehead atoms. The first kappa shape index (κ1) is 12.2. The van der Waals surface area contributed by atoms with E-state index in [2.05, 4.69) is 52.2 Å². The standard InChI is InChI=1S/C16H19N3/c1-18-10-12-19(13-11-18)16-8-3-2-6-14(16)15-7-4-5-9-17-15/h2-9H,10-13H2,1H3. The minimum absolute atomic E-state index is 1.05. The molecule has 1 aliphatic heterocycles. The third-order valence-corrected chi connectivity index (χ3v) is 3.69. The second-order valence-corrected chi connectivity index (χ2v) is 5.02. The number of hydrogen-bond donors (Lipinski definition) is 0. The number of nitrogens with zero attached hydrogens (tertiary/aromatic N) is 3. The molecular weight excluding hydrogens is 234 g/mol. The number of benzene rings is 1. The highest BCUT2D eigenvalue weighted by atomic mass is 15.2. The highest BCUT2D eigenvalue weighted by Gasteiger charge is 2.17. The number of aromatic nitrogens is 1. The summed E-state index contributed by atoms with van der Waals surface area (Å²) in [4.78, 5) is 9.32. The molecule has 3 rings (SSSR count). The molecule has 3 nitrogen and oxygen atoms in total. The van der Waals surface area contributed by atoms with E-state index in [0.29, 0.717) is 0 Å². The molecule has 3 heteroatoms. The van der Waals surface area contributed by atoms with E-state index < -0.39 is 0 Å². The summed E-state index contributed by atoms with van der Waals surface area (Å²) >= 11 is 0. The zero-order chi connectivity index (χ0) is 13.1. The van der Waals surface area contributed by atoms with Gasteiger partial charge in [0.05, 0.1) is 5.69 Å². The molecule has 1 aromatic carbocycles. The van der Waals surface area contributed by atoms with Crippen molar-refractivity contribution < 1.29 is 0 Å². The molecule has 1 fully saturated rings. The summed E-state index contributed by atoms with van der Waals surface area (Å²) in [5.41, 5.74) is 3.58. The smallest absolute Gasteiger partial charge is 0.0722 e. The van der Waals surface area contributed by atoms with Gasteiger partial charge in [-0.05, 0) is 25.2 Å². The fraction of sp³-hybridized carbons (Fsp3) is 0.312. The van der Waals surface area contributed by atoms with E-state index in [1.165, 1.54) is 11.3 Å². The van der Waals surface area contributed by atoms with Gasteiger partial charge in [0.2, 0.25) is 0 Å². The minimum Gasteiger partial charge on any atom is -0.368 e. The Balaban J connectivity index is 1.94. The van der Waals surface area contributed by atoms with Crippen molar-refractivity contribution in [3.8, 4) is 11.3 Å². The van der Waals surface area contributed by atoms with Crippen molar-refractivity contribution in [3.05, 3.63) is 48.7 Å². The van der Waals surface area contributed by atoms with Gasteiger partial charge in [0.1, 0.15) is 0 Å². The Morgan fingerprint density at radius 1 is 0.895 bits per heavy atom. The highest BCUT2D eigenvalue weighted by molar-refractivity contribution is 5.76. The van der Waals surface area contributed by atoms with Crippen LogP contribution >= 0.6 is 0 Å². The Hall–Kier alpha value is -1.87. The normalized spacial score (nSPS) is 16.6. The molecule has 2 aromatic rings. The van der Waals surface area contributed by atoms with Gasteiger partial charge in [-0.25, -0.2) is 0 Å². The monoisotopic (exact) mass is 253 g/mol. The first-order chi connectivity index (χ1) is 9.34. The van der Waals surface area contributed by atoms with Crippen LogP contribution in [0.2, 0.25) is 0 Å². The van der Waals surface area contributed by atoms with E-state index in [9.17, 15) is 0 Å². The first-order valence-corrected chi connectivity index (χ1v) is 6.78. The number of likely N-dealkylation sites (N-methyl/N-ethyl adjacent to an activating group) is 1. The average Bonchev–Trinajstić information content (AvgIpc) is 2.49. The predicted molar refractivity (Wildman–Crippen MR) is 79.4 cm³/mol. The third kappa shape index (κ3) is 2.61. The number of pyridine rings is 1. The molecular formula is C16H19N3. The van der Waals surface area contributed by atoms with E-state index >= 15 is 0 Å². The molecule has 0 atom stereocenters. The maximum absolute atomic E-state index is 4.48. The molecule has 0 spiro atoms. The van der Waals surface area contributed by atoms with Crippen molar-refractivity contribution in [2.24, 2.45) is 0 Å². The second kappa shape index (κ2) is 5.41. The van der Waals surface area contributed by atoms with Crippen molar-refractivity contribution in [1.29, 1.82) is 0 Å². The lowest BCUT2D eigenvalue weighted by Crippen LogP contribution is -2.44. The summed E-state index contributed by atoms with van der Waals surface area (Å²) in [7, 11) is 2.18. The van der Waals surface area contributed by atoms with Crippen molar-refractivity contribution in [2.45, 2.75) is 0 Å². The van der Waals surface area contributed by atoms with Crippen LogP contribution in [0.15, 0.2) is 48.7 Å². The van der Waals surface area contributed by atoms with Gasteiger partial charge in [-0.1, -0.05) is 24.3 Å². The topological polar surface area (TPSA) is 19.4 Å². The molecule has 1 aliphatic rings. The maximum atomic E-state index is 4.48. The Labute approximate surface area is 114 Å². The summed E-state index contributed by atoms with van der Waals surface area (Å²) in [6, 6.07) is 14.6. The van der Waals surface area contributed by atoms with Crippen LogP contribution in [-0.4, -0.2) is 43.1 Å². The fourth-order valence-corrected chi connectivity index (χ4v) is 2.54. The molecule has 0 aliphatic carbocycles. The van der Waals surface area contributed by atoms with Gasteiger partial charge in [0.25, 0.3) is 0 Å². The van der Waals surface area contributed by atoms with Gasteiger partial charge in [-0.15, -0.1) is 0 Å². The van der Waals surface area contributed by atoms with Crippen LogP contribution in [0.3, 0.4) is 0 Å². The molecule has 0 N–H and O–H groups in total. The van der Waals surface area contributed by atoms with Crippen LogP contribution in [-0.2, 0) is 0 Å². The third-order valence-electron chi connectivity index (χ3n) is 3.69. The second-order valence-electron chi connectivity index (χ2n) is 5.02. The maximum Gasteiger partial charge on any atom is 0.0722 e. The van der Waals surface area contributed by atoms with Crippen LogP contribution in [0, 0.1) is 0 Å². The van der Waals surface area contributed by atoms with Gasteiger partial charge in [0, 0.05) is 43.6 Å². The zero-order valence-electron chi connectivity index (χ0n) is 11.3. The lowest BCUT2D eigenvalue weighted by atomic mass is 10.1. The van der Waals surface area contributed by atoms with E-state index in [4.69, 9.17) is 0 Å². The van der Waals surface area contributed by atoms with Crippen molar-refractivity contribution in [3.63, 3.8) is 0 Å². The molecule has 1 saturated heterocycles. The van der Waals surface area contributed by atoms with Gasteiger partial charge in [-0.3, -0.25) is 4.98 Å². The predicted octanol–water partition coefficient (Wildman–Crippen LogP) is 2.50. The molecule has 98 valence electrons. The number of piperazine rings is 1.